The fourth-order valence-electron chi connectivity index (χ4n) is 1.51. The van der Waals surface area contributed by atoms with Gasteiger partial charge in [-0.15, -0.1) is 0 Å². The maximum absolute atomic E-state index is 6.20. The highest BCUT2D eigenvalue weighted by atomic mass is 35.5. The summed E-state index contributed by atoms with van der Waals surface area (Å²) in [4.78, 5) is 0. The van der Waals surface area contributed by atoms with Crippen molar-refractivity contribution in [3.63, 3.8) is 0 Å². The van der Waals surface area contributed by atoms with Crippen molar-refractivity contribution in [2.45, 2.75) is 26.2 Å². The van der Waals surface area contributed by atoms with E-state index in [4.69, 9.17) is 23.2 Å². The molecule has 2 aromatic rings. The van der Waals surface area contributed by atoms with Gasteiger partial charge in [0.2, 0.25) is 0 Å². The fourth-order valence-corrected chi connectivity index (χ4v) is 1.94. The highest BCUT2D eigenvalue weighted by Crippen LogP contribution is 2.26. The van der Waals surface area contributed by atoms with Crippen LogP contribution < -0.4 is 0 Å². The van der Waals surface area contributed by atoms with Crippen LogP contribution in [0.1, 0.15) is 26.5 Å². The Morgan fingerprint density at radius 3 is 2.35 bits per heavy atom. The Morgan fingerprint density at radius 1 is 1.12 bits per heavy atom. The molecule has 0 aliphatic heterocycles. The second kappa shape index (κ2) is 4.35. The highest BCUT2D eigenvalue weighted by Gasteiger charge is 2.19. The normalized spacial score (nSPS) is 11.8. The Bertz CT molecular complexity index is 539. The molecule has 0 atom stereocenters. The molecule has 0 fully saturated rings. The van der Waals surface area contributed by atoms with E-state index in [2.05, 4.69) is 25.9 Å². The summed E-state index contributed by atoms with van der Waals surface area (Å²) in [5.41, 5.74) is 1.81. The lowest BCUT2D eigenvalue weighted by Gasteiger charge is -2.14. The Kier molecular flexibility index (Phi) is 3.19. The molecule has 17 heavy (non-hydrogen) atoms. The zero-order chi connectivity index (χ0) is 12.6. The second-order valence-electron chi connectivity index (χ2n) is 4.99. The lowest BCUT2D eigenvalue weighted by atomic mass is 9.93. The standard InChI is InChI=1S/C13H14Cl2N2/c1-13(2,3)11-8-12(15)17(16-11)10-6-4-5-9(14)7-10/h4-8H,1-3H3. The third-order valence-electron chi connectivity index (χ3n) is 2.49. The van der Waals surface area contributed by atoms with E-state index in [1.54, 1.807) is 4.68 Å². The molecule has 1 heterocycles. The van der Waals surface area contributed by atoms with Gasteiger partial charge in [-0.25, -0.2) is 4.68 Å². The van der Waals surface area contributed by atoms with Gasteiger partial charge in [0, 0.05) is 10.4 Å². The van der Waals surface area contributed by atoms with Gasteiger partial charge in [-0.2, -0.15) is 5.10 Å². The minimum Gasteiger partial charge on any atom is -0.222 e. The summed E-state index contributed by atoms with van der Waals surface area (Å²) >= 11 is 12.2. The average molecular weight is 269 g/mol. The first kappa shape index (κ1) is 12.5. The van der Waals surface area contributed by atoms with E-state index in [1.807, 2.05) is 30.3 Å². The average Bonchev–Trinajstić information content (AvgIpc) is 2.60. The first-order valence-electron chi connectivity index (χ1n) is 5.40. The SMILES string of the molecule is CC(C)(C)c1cc(Cl)n(-c2cccc(Cl)c2)n1. The smallest absolute Gasteiger partial charge is 0.133 e. The van der Waals surface area contributed by atoms with Gasteiger partial charge in [-0.05, 0) is 24.3 Å². The van der Waals surface area contributed by atoms with E-state index in [9.17, 15) is 0 Å². The molecule has 1 aromatic carbocycles. The molecule has 2 rings (SSSR count). The maximum atomic E-state index is 6.20. The Labute approximate surface area is 111 Å². The van der Waals surface area contributed by atoms with Crippen LogP contribution in [0, 0.1) is 0 Å². The number of benzene rings is 1. The molecular weight excluding hydrogens is 255 g/mol. The van der Waals surface area contributed by atoms with E-state index in [0.29, 0.717) is 10.2 Å². The van der Waals surface area contributed by atoms with Gasteiger partial charge in [-0.3, -0.25) is 0 Å². The van der Waals surface area contributed by atoms with Crippen LogP contribution in [-0.4, -0.2) is 9.78 Å². The molecule has 0 saturated carbocycles. The summed E-state index contributed by atoms with van der Waals surface area (Å²) in [5, 5.41) is 5.79. The third-order valence-corrected chi connectivity index (χ3v) is 2.99. The van der Waals surface area contributed by atoms with Gasteiger partial charge >= 0.3 is 0 Å². The van der Waals surface area contributed by atoms with Crippen molar-refractivity contribution in [3.05, 3.63) is 46.2 Å². The van der Waals surface area contributed by atoms with Crippen molar-refractivity contribution in [2.24, 2.45) is 0 Å². The van der Waals surface area contributed by atoms with Crippen LogP contribution in [0.4, 0.5) is 0 Å². The van der Waals surface area contributed by atoms with Crippen molar-refractivity contribution < 1.29 is 0 Å². The van der Waals surface area contributed by atoms with Crippen molar-refractivity contribution in [1.29, 1.82) is 0 Å². The minimum absolute atomic E-state index is 0.0204. The lowest BCUT2D eigenvalue weighted by Crippen LogP contribution is -2.12. The number of hydrogen-bond acceptors (Lipinski definition) is 1. The van der Waals surface area contributed by atoms with Crippen LogP contribution in [0.2, 0.25) is 10.2 Å². The van der Waals surface area contributed by atoms with Crippen LogP contribution >= 0.6 is 23.2 Å². The molecule has 0 unspecified atom stereocenters. The molecule has 0 radical (unpaired) electrons. The summed E-state index contributed by atoms with van der Waals surface area (Å²) in [7, 11) is 0. The van der Waals surface area contributed by atoms with Crippen LogP contribution in [0.3, 0.4) is 0 Å². The van der Waals surface area contributed by atoms with E-state index in [0.717, 1.165) is 11.4 Å². The molecule has 0 aliphatic rings. The van der Waals surface area contributed by atoms with E-state index < -0.39 is 0 Å². The monoisotopic (exact) mass is 268 g/mol. The summed E-state index contributed by atoms with van der Waals surface area (Å²) < 4.78 is 1.70. The van der Waals surface area contributed by atoms with E-state index in [1.165, 1.54) is 0 Å². The van der Waals surface area contributed by atoms with E-state index >= 15 is 0 Å². The zero-order valence-corrected chi connectivity index (χ0v) is 11.5. The summed E-state index contributed by atoms with van der Waals surface area (Å²) in [6, 6.07) is 9.37. The lowest BCUT2D eigenvalue weighted by molar-refractivity contribution is 0.560. The second-order valence-corrected chi connectivity index (χ2v) is 5.82. The summed E-state index contributed by atoms with van der Waals surface area (Å²) in [6.45, 7) is 6.32. The predicted molar refractivity (Wildman–Crippen MR) is 72.3 cm³/mol. The first-order valence-corrected chi connectivity index (χ1v) is 6.15. The number of halogens is 2. The molecule has 0 spiro atoms. The predicted octanol–water partition coefficient (Wildman–Crippen LogP) is 4.48. The molecule has 0 saturated heterocycles. The van der Waals surface area contributed by atoms with Crippen molar-refractivity contribution in [3.8, 4) is 5.69 Å². The van der Waals surface area contributed by atoms with E-state index in [-0.39, 0.29) is 5.41 Å². The number of nitrogens with zero attached hydrogens (tertiary/aromatic N) is 2. The molecule has 4 heteroatoms. The van der Waals surface area contributed by atoms with Gasteiger partial charge in [0.15, 0.2) is 0 Å². The van der Waals surface area contributed by atoms with Gasteiger partial charge in [0.25, 0.3) is 0 Å². The van der Waals surface area contributed by atoms with Crippen LogP contribution in [0.25, 0.3) is 5.69 Å². The van der Waals surface area contributed by atoms with Crippen LogP contribution in [0.5, 0.6) is 0 Å². The Hall–Kier alpha value is -0.990. The number of hydrogen-bond donors (Lipinski definition) is 0. The van der Waals surface area contributed by atoms with Gasteiger partial charge < -0.3 is 0 Å². The molecule has 0 aliphatic carbocycles. The molecule has 2 nitrogen and oxygen atoms in total. The molecule has 0 amide bonds. The number of aromatic nitrogens is 2. The minimum atomic E-state index is -0.0204. The molecular formula is C13H14Cl2N2. The summed E-state index contributed by atoms with van der Waals surface area (Å²) in [5.74, 6) is 0. The highest BCUT2D eigenvalue weighted by molar-refractivity contribution is 6.31. The third kappa shape index (κ3) is 2.64. The maximum Gasteiger partial charge on any atom is 0.133 e. The van der Waals surface area contributed by atoms with Crippen molar-refractivity contribution >= 4 is 23.2 Å². The molecule has 0 N–H and O–H groups in total. The van der Waals surface area contributed by atoms with Crippen molar-refractivity contribution in [1.82, 2.24) is 9.78 Å². The van der Waals surface area contributed by atoms with Crippen LogP contribution in [-0.2, 0) is 5.41 Å². The van der Waals surface area contributed by atoms with Gasteiger partial charge in [-0.1, -0.05) is 50.0 Å². The molecule has 1 aromatic heterocycles. The first-order chi connectivity index (χ1) is 7.88. The Balaban J connectivity index is 2.50. The largest absolute Gasteiger partial charge is 0.222 e. The van der Waals surface area contributed by atoms with Crippen molar-refractivity contribution in [2.75, 3.05) is 0 Å². The van der Waals surface area contributed by atoms with Gasteiger partial charge in [0.05, 0.1) is 11.4 Å². The zero-order valence-electron chi connectivity index (χ0n) is 10.0. The number of rotatable bonds is 1. The topological polar surface area (TPSA) is 17.8 Å². The quantitative estimate of drug-likeness (QED) is 0.746. The summed E-state index contributed by atoms with van der Waals surface area (Å²) in [6.07, 6.45) is 0. The fraction of sp³-hybridized carbons (Fsp3) is 0.308. The Morgan fingerprint density at radius 2 is 1.82 bits per heavy atom. The van der Waals surface area contributed by atoms with Crippen LogP contribution in [0.15, 0.2) is 30.3 Å². The van der Waals surface area contributed by atoms with Gasteiger partial charge in [0.1, 0.15) is 5.15 Å². The molecule has 90 valence electrons. The molecule has 0 bridgehead atoms.